The Hall–Kier alpha value is -1.59. The lowest BCUT2D eigenvalue weighted by Gasteiger charge is -2.22. The lowest BCUT2D eigenvalue weighted by atomic mass is 10.1. The van der Waals surface area contributed by atoms with Gasteiger partial charge < -0.3 is 5.32 Å². The molecule has 0 radical (unpaired) electrons. The summed E-state index contributed by atoms with van der Waals surface area (Å²) in [6, 6.07) is 3.73. The minimum absolute atomic E-state index is 0.199. The molecule has 0 saturated carbocycles. The summed E-state index contributed by atoms with van der Waals surface area (Å²) in [5.41, 5.74) is 0.232. The minimum Gasteiger partial charge on any atom is -0.340 e. The molecule has 0 aliphatic carbocycles. The Kier molecular flexibility index (Phi) is 4.07. The zero-order chi connectivity index (χ0) is 14.0. The Morgan fingerprint density at radius 1 is 1.32 bits per heavy atom. The molecule has 1 atom stereocenters. The third kappa shape index (κ3) is 3.24. The van der Waals surface area contributed by atoms with Crippen LogP contribution in [0.3, 0.4) is 0 Å². The van der Waals surface area contributed by atoms with Gasteiger partial charge in [-0.05, 0) is 24.6 Å². The topological polar surface area (TPSA) is 75.3 Å². The van der Waals surface area contributed by atoms with Crippen LogP contribution in [0.2, 0.25) is 10.0 Å². The van der Waals surface area contributed by atoms with Crippen LogP contribution in [0.5, 0.6) is 0 Å². The van der Waals surface area contributed by atoms with Gasteiger partial charge in [-0.1, -0.05) is 23.2 Å². The molecule has 2 N–H and O–H groups in total. The van der Waals surface area contributed by atoms with Crippen LogP contribution in [0.15, 0.2) is 18.2 Å². The number of halogens is 2. The van der Waals surface area contributed by atoms with Crippen molar-refractivity contribution < 1.29 is 14.4 Å². The molecule has 1 aliphatic rings. The van der Waals surface area contributed by atoms with E-state index in [0.29, 0.717) is 5.02 Å². The van der Waals surface area contributed by atoms with Crippen LogP contribution < -0.4 is 10.6 Å². The van der Waals surface area contributed by atoms with Crippen LogP contribution in [0.1, 0.15) is 23.2 Å². The predicted octanol–water partition coefficient (Wildman–Crippen LogP) is 1.53. The van der Waals surface area contributed by atoms with Crippen molar-refractivity contribution in [3.63, 3.8) is 0 Å². The van der Waals surface area contributed by atoms with E-state index >= 15 is 0 Å². The van der Waals surface area contributed by atoms with Gasteiger partial charge in [0.15, 0.2) is 0 Å². The zero-order valence-corrected chi connectivity index (χ0v) is 11.2. The van der Waals surface area contributed by atoms with Crippen molar-refractivity contribution in [2.45, 2.75) is 18.9 Å². The third-order valence-corrected chi connectivity index (χ3v) is 3.27. The van der Waals surface area contributed by atoms with E-state index in [1.165, 1.54) is 18.2 Å². The van der Waals surface area contributed by atoms with Crippen molar-refractivity contribution in [2.24, 2.45) is 0 Å². The first-order chi connectivity index (χ1) is 8.97. The Labute approximate surface area is 119 Å². The first kappa shape index (κ1) is 13.8. The monoisotopic (exact) mass is 300 g/mol. The summed E-state index contributed by atoms with van der Waals surface area (Å²) in [7, 11) is 0. The van der Waals surface area contributed by atoms with E-state index in [-0.39, 0.29) is 29.3 Å². The van der Waals surface area contributed by atoms with E-state index in [0.717, 1.165) is 0 Å². The molecule has 1 saturated heterocycles. The highest BCUT2D eigenvalue weighted by atomic mass is 35.5. The van der Waals surface area contributed by atoms with E-state index in [1.807, 2.05) is 0 Å². The van der Waals surface area contributed by atoms with E-state index in [4.69, 9.17) is 23.2 Å². The van der Waals surface area contributed by atoms with Crippen molar-refractivity contribution in [3.8, 4) is 0 Å². The number of rotatable bonds is 2. The number of piperidine rings is 1. The summed E-state index contributed by atoms with van der Waals surface area (Å²) < 4.78 is 0. The molecule has 100 valence electrons. The van der Waals surface area contributed by atoms with Crippen LogP contribution in [0, 0.1) is 0 Å². The molecule has 1 heterocycles. The summed E-state index contributed by atoms with van der Waals surface area (Å²) in [4.78, 5) is 34.5. The molecule has 7 heteroatoms. The van der Waals surface area contributed by atoms with Gasteiger partial charge in [0.05, 0.1) is 10.6 Å². The maximum absolute atomic E-state index is 12.0. The molecule has 0 spiro atoms. The van der Waals surface area contributed by atoms with Crippen LogP contribution in [-0.2, 0) is 9.59 Å². The number of nitrogens with one attached hydrogen (secondary N) is 2. The van der Waals surface area contributed by atoms with Crippen molar-refractivity contribution in [3.05, 3.63) is 33.8 Å². The summed E-state index contributed by atoms with van der Waals surface area (Å²) in [5, 5.41) is 5.32. The highest BCUT2D eigenvalue weighted by Crippen LogP contribution is 2.21. The first-order valence-electron chi connectivity index (χ1n) is 5.57. The number of carbonyl (C=O) groups is 3. The Morgan fingerprint density at radius 2 is 2.05 bits per heavy atom. The quantitative estimate of drug-likeness (QED) is 0.813. The summed E-state index contributed by atoms with van der Waals surface area (Å²) in [6.45, 7) is 0. The van der Waals surface area contributed by atoms with Crippen molar-refractivity contribution in [1.82, 2.24) is 10.6 Å². The second-order valence-electron chi connectivity index (χ2n) is 4.10. The zero-order valence-electron chi connectivity index (χ0n) is 9.70. The highest BCUT2D eigenvalue weighted by Gasteiger charge is 2.28. The Bertz CT molecular complexity index is 560. The van der Waals surface area contributed by atoms with E-state index in [1.54, 1.807) is 0 Å². The van der Waals surface area contributed by atoms with Crippen LogP contribution in [0.25, 0.3) is 0 Å². The SMILES string of the molecule is O=C1CCC(NC(=O)c2ccc(Cl)cc2Cl)C(=O)N1. The molecule has 2 rings (SSSR count). The van der Waals surface area contributed by atoms with E-state index in [2.05, 4.69) is 10.6 Å². The molecule has 0 aromatic heterocycles. The standard InChI is InChI=1S/C12H10Cl2N2O3/c13-6-1-2-7(8(14)5-6)11(18)15-9-3-4-10(17)16-12(9)19/h1-2,5,9H,3-4H2,(H,15,18)(H,16,17,19). The smallest absolute Gasteiger partial charge is 0.253 e. The second-order valence-corrected chi connectivity index (χ2v) is 4.94. The lowest BCUT2D eigenvalue weighted by molar-refractivity contribution is -0.134. The largest absolute Gasteiger partial charge is 0.340 e. The van der Waals surface area contributed by atoms with Crippen LogP contribution >= 0.6 is 23.2 Å². The van der Waals surface area contributed by atoms with Crippen LogP contribution in [0.4, 0.5) is 0 Å². The van der Waals surface area contributed by atoms with E-state index in [9.17, 15) is 14.4 Å². The van der Waals surface area contributed by atoms with Crippen molar-refractivity contribution >= 4 is 40.9 Å². The second kappa shape index (κ2) is 5.59. The van der Waals surface area contributed by atoms with Crippen LogP contribution in [-0.4, -0.2) is 23.8 Å². The van der Waals surface area contributed by atoms with Gasteiger partial charge in [-0.3, -0.25) is 19.7 Å². The molecule has 5 nitrogen and oxygen atoms in total. The number of imide groups is 1. The fourth-order valence-corrected chi connectivity index (χ4v) is 2.24. The first-order valence-corrected chi connectivity index (χ1v) is 6.32. The molecule has 0 bridgehead atoms. The molecule has 1 aromatic carbocycles. The van der Waals surface area contributed by atoms with Crippen molar-refractivity contribution in [1.29, 1.82) is 0 Å². The number of amides is 3. The van der Waals surface area contributed by atoms with Gasteiger partial charge in [-0.25, -0.2) is 0 Å². The molecule has 1 unspecified atom stereocenters. The number of carbonyl (C=O) groups excluding carboxylic acids is 3. The summed E-state index contributed by atoms with van der Waals surface area (Å²) in [5.74, 6) is -1.31. The maximum atomic E-state index is 12.0. The molecule has 1 fully saturated rings. The van der Waals surface area contributed by atoms with Gasteiger partial charge in [0.1, 0.15) is 6.04 Å². The van der Waals surface area contributed by atoms with Gasteiger partial charge in [0.2, 0.25) is 11.8 Å². The van der Waals surface area contributed by atoms with Gasteiger partial charge in [0.25, 0.3) is 5.91 Å². The highest BCUT2D eigenvalue weighted by molar-refractivity contribution is 6.36. The number of hydrogen-bond acceptors (Lipinski definition) is 3. The fourth-order valence-electron chi connectivity index (χ4n) is 1.74. The molecule has 1 aliphatic heterocycles. The normalized spacial score (nSPS) is 18.9. The fraction of sp³-hybridized carbons (Fsp3) is 0.250. The summed E-state index contributed by atoms with van der Waals surface area (Å²) >= 11 is 11.6. The summed E-state index contributed by atoms with van der Waals surface area (Å²) in [6.07, 6.45) is 0.479. The predicted molar refractivity (Wildman–Crippen MR) is 70.1 cm³/mol. The average molecular weight is 301 g/mol. The molecular weight excluding hydrogens is 291 g/mol. The minimum atomic E-state index is -0.725. The Balaban J connectivity index is 2.09. The molecular formula is C12H10Cl2N2O3. The molecule has 3 amide bonds. The van der Waals surface area contributed by atoms with E-state index < -0.39 is 17.9 Å². The third-order valence-electron chi connectivity index (χ3n) is 2.72. The average Bonchev–Trinajstić information content (AvgIpc) is 2.32. The lowest BCUT2D eigenvalue weighted by Crippen LogP contribution is -2.52. The number of hydrogen-bond donors (Lipinski definition) is 2. The number of benzene rings is 1. The Morgan fingerprint density at radius 3 is 2.68 bits per heavy atom. The van der Waals surface area contributed by atoms with Gasteiger partial charge in [0, 0.05) is 11.4 Å². The van der Waals surface area contributed by atoms with Gasteiger partial charge >= 0.3 is 0 Å². The van der Waals surface area contributed by atoms with Gasteiger partial charge in [-0.2, -0.15) is 0 Å². The molecule has 19 heavy (non-hydrogen) atoms. The molecule has 1 aromatic rings. The van der Waals surface area contributed by atoms with Crippen molar-refractivity contribution in [2.75, 3.05) is 0 Å². The van der Waals surface area contributed by atoms with Gasteiger partial charge in [-0.15, -0.1) is 0 Å². The maximum Gasteiger partial charge on any atom is 0.253 e.